The monoisotopic (exact) mass is 336 g/mol. The van der Waals surface area contributed by atoms with Gasteiger partial charge in [0.25, 0.3) is 0 Å². The highest BCUT2D eigenvalue weighted by Crippen LogP contribution is 2.21. The van der Waals surface area contributed by atoms with Crippen LogP contribution in [0.3, 0.4) is 0 Å². The molecule has 0 amide bonds. The standard InChI is InChI=1S/C19H20N4O2/c1-24-17-9-7-16(8-10-17)22-11-13-23(14-12-22)19(21-15-20)25-18-5-3-2-4-6-18/h2-10H,11-14H2,1H3. The minimum atomic E-state index is 0.350. The lowest BCUT2D eigenvalue weighted by Crippen LogP contribution is -2.50. The zero-order valence-corrected chi connectivity index (χ0v) is 14.1. The van der Waals surface area contributed by atoms with Gasteiger partial charge in [0.15, 0.2) is 0 Å². The predicted molar refractivity (Wildman–Crippen MR) is 96.9 cm³/mol. The largest absolute Gasteiger partial charge is 0.497 e. The van der Waals surface area contributed by atoms with Crippen LogP contribution in [0.4, 0.5) is 5.69 Å². The average molecular weight is 336 g/mol. The van der Waals surface area contributed by atoms with Crippen molar-refractivity contribution in [3.63, 3.8) is 0 Å². The zero-order chi connectivity index (χ0) is 17.5. The maximum Gasteiger partial charge on any atom is 0.308 e. The summed E-state index contributed by atoms with van der Waals surface area (Å²) in [6.45, 7) is 3.13. The van der Waals surface area contributed by atoms with Crippen molar-refractivity contribution in [2.24, 2.45) is 4.99 Å². The Hall–Kier alpha value is -3.20. The van der Waals surface area contributed by atoms with E-state index in [1.54, 1.807) is 7.11 Å². The molecule has 0 atom stereocenters. The molecule has 1 fully saturated rings. The Balaban J connectivity index is 1.63. The van der Waals surface area contributed by atoms with E-state index in [0.717, 1.165) is 37.6 Å². The molecule has 0 aromatic heterocycles. The smallest absolute Gasteiger partial charge is 0.308 e. The fraction of sp³-hybridized carbons (Fsp3) is 0.263. The quantitative estimate of drug-likeness (QED) is 0.490. The fourth-order valence-electron chi connectivity index (χ4n) is 2.74. The second-order valence-electron chi connectivity index (χ2n) is 5.58. The maximum atomic E-state index is 8.96. The maximum absolute atomic E-state index is 8.96. The van der Waals surface area contributed by atoms with E-state index in [0.29, 0.717) is 11.8 Å². The van der Waals surface area contributed by atoms with Crippen LogP contribution in [-0.4, -0.2) is 44.2 Å². The van der Waals surface area contributed by atoms with E-state index in [1.807, 2.05) is 53.6 Å². The van der Waals surface area contributed by atoms with Crippen LogP contribution < -0.4 is 14.4 Å². The highest BCUT2D eigenvalue weighted by Gasteiger charge is 2.21. The molecular weight excluding hydrogens is 316 g/mol. The Labute approximate surface area is 147 Å². The van der Waals surface area contributed by atoms with E-state index >= 15 is 0 Å². The Kier molecular flexibility index (Phi) is 5.37. The Bertz CT molecular complexity index is 745. The molecule has 25 heavy (non-hydrogen) atoms. The number of anilines is 1. The van der Waals surface area contributed by atoms with Crippen molar-refractivity contribution in [2.45, 2.75) is 0 Å². The van der Waals surface area contributed by atoms with Crippen molar-refractivity contribution < 1.29 is 9.47 Å². The van der Waals surface area contributed by atoms with Gasteiger partial charge >= 0.3 is 6.02 Å². The number of methoxy groups -OCH3 is 1. The summed E-state index contributed by atoms with van der Waals surface area (Å²) in [6.07, 6.45) is 1.83. The van der Waals surface area contributed by atoms with Gasteiger partial charge in [-0.15, -0.1) is 4.99 Å². The zero-order valence-electron chi connectivity index (χ0n) is 14.1. The number of hydrogen-bond acceptors (Lipinski definition) is 5. The van der Waals surface area contributed by atoms with E-state index < -0.39 is 0 Å². The first-order valence-electron chi connectivity index (χ1n) is 8.14. The summed E-state index contributed by atoms with van der Waals surface area (Å²) < 4.78 is 11.0. The van der Waals surface area contributed by atoms with Gasteiger partial charge in [-0.2, -0.15) is 5.26 Å². The first-order chi connectivity index (χ1) is 12.3. The first-order valence-corrected chi connectivity index (χ1v) is 8.14. The van der Waals surface area contributed by atoms with Crippen LogP contribution in [0.2, 0.25) is 0 Å². The van der Waals surface area contributed by atoms with Gasteiger partial charge in [0.05, 0.1) is 7.11 Å². The highest BCUT2D eigenvalue weighted by molar-refractivity contribution is 5.77. The van der Waals surface area contributed by atoms with Gasteiger partial charge in [-0.05, 0) is 36.4 Å². The number of nitrogens with zero attached hydrogens (tertiary/aromatic N) is 4. The van der Waals surface area contributed by atoms with Gasteiger partial charge < -0.3 is 19.3 Å². The number of rotatable bonds is 3. The summed E-state index contributed by atoms with van der Waals surface area (Å²) in [5, 5.41) is 8.96. The minimum absolute atomic E-state index is 0.350. The molecule has 0 saturated carbocycles. The third kappa shape index (κ3) is 4.21. The van der Waals surface area contributed by atoms with Gasteiger partial charge in [0.1, 0.15) is 11.5 Å². The Morgan fingerprint density at radius 2 is 1.64 bits per heavy atom. The van der Waals surface area contributed by atoms with Crippen molar-refractivity contribution >= 4 is 11.7 Å². The summed E-state index contributed by atoms with van der Waals surface area (Å²) in [5.41, 5.74) is 1.16. The fourth-order valence-corrected chi connectivity index (χ4v) is 2.74. The molecule has 2 aromatic carbocycles. The van der Waals surface area contributed by atoms with Crippen LogP contribution in [0.1, 0.15) is 0 Å². The third-order valence-electron chi connectivity index (χ3n) is 4.09. The number of piperazine rings is 1. The lowest BCUT2D eigenvalue weighted by atomic mass is 10.2. The number of hydrogen-bond donors (Lipinski definition) is 0. The summed E-state index contributed by atoms with van der Waals surface area (Å²) in [5.74, 6) is 1.52. The van der Waals surface area contributed by atoms with Crippen LogP contribution in [0.5, 0.6) is 11.5 Å². The van der Waals surface area contributed by atoms with Gasteiger partial charge in [-0.25, -0.2) is 0 Å². The third-order valence-corrected chi connectivity index (χ3v) is 4.09. The molecule has 6 heteroatoms. The van der Waals surface area contributed by atoms with Crippen LogP contribution >= 0.6 is 0 Å². The van der Waals surface area contributed by atoms with Crippen molar-refractivity contribution in [1.82, 2.24) is 4.90 Å². The highest BCUT2D eigenvalue weighted by atomic mass is 16.5. The van der Waals surface area contributed by atoms with Gasteiger partial charge in [0, 0.05) is 31.9 Å². The summed E-state index contributed by atoms with van der Waals surface area (Å²) >= 11 is 0. The topological polar surface area (TPSA) is 61.1 Å². The molecule has 0 bridgehead atoms. The van der Waals surface area contributed by atoms with Crippen molar-refractivity contribution in [1.29, 1.82) is 5.26 Å². The average Bonchev–Trinajstić information content (AvgIpc) is 2.69. The molecule has 0 spiro atoms. The SMILES string of the molecule is COc1ccc(N2CCN(C(=NC#N)Oc3ccccc3)CC2)cc1. The van der Waals surface area contributed by atoms with E-state index in [9.17, 15) is 0 Å². The number of ether oxygens (including phenoxy) is 2. The lowest BCUT2D eigenvalue weighted by Gasteiger charge is -2.36. The molecule has 3 rings (SSSR count). The Morgan fingerprint density at radius 1 is 0.960 bits per heavy atom. The molecule has 0 unspecified atom stereocenters. The summed E-state index contributed by atoms with van der Waals surface area (Å²) in [6, 6.07) is 17.8. The van der Waals surface area contributed by atoms with E-state index in [2.05, 4.69) is 22.0 Å². The summed E-state index contributed by atoms with van der Waals surface area (Å²) in [4.78, 5) is 8.14. The van der Waals surface area contributed by atoms with Gasteiger partial charge in [-0.1, -0.05) is 18.2 Å². The number of para-hydroxylation sites is 1. The molecule has 128 valence electrons. The van der Waals surface area contributed by atoms with Crippen LogP contribution in [0.25, 0.3) is 0 Å². The molecule has 2 aromatic rings. The van der Waals surface area contributed by atoms with Gasteiger partial charge in [-0.3, -0.25) is 0 Å². The van der Waals surface area contributed by atoms with Gasteiger partial charge in [0.2, 0.25) is 6.19 Å². The molecule has 1 heterocycles. The minimum Gasteiger partial charge on any atom is -0.497 e. The number of nitriles is 1. The number of benzene rings is 2. The van der Waals surface area contributed by atoms with E-state index in [4.69, 9.17) is 14.7 Å². The summed E-state index contributed by atoms with van der Waals surface area (Å²) in [7, 11) is 1.66. The first kappa shape index (κ1) is 16.7. The number of aliphatic imine (C=N–C) groups is 1. The van der Waals surface area contributed by atoms with Crippen LogP contribution in [-0.2, 0) is 0 Å². The molecule has 0 radical (unpaired) electrons. The second-order valence-corrected chi connectivity index (χ2v) is 5.58. The molecule has 0 aliphatic carbocycles. The van der Waals surface area contributed by atoms with Crippen molar-refractivity contribution in [2.75, 3.05) is 38.2 Å². The van der Waals surface area contributed by atoms with Crippen molar-refractivity contribution in [3.05, 3.63) is 54.6 Å². The molecule has 1 aliphatic heterocycles. The Morgan fingerprint density at radius 3 is 2.24 bits per heavy atom. The molecular formula is C19H20N4O2. The number of amidine groups is 1. The van der Waals surface area contributed by atoms with Crippen LogP contribution in [0, 0.1) is 11.5 Å². The van der Waals surface area contributed by atoms with Crippen LogP contribution in [0.15, 0.2) is 59.6 Å². The normalized spacial score (nSPS) is 14.8. The molecule has 1 aliphatic rings. The molecule has 6 nitrogen and oxygen atoms in total. The van der Waals surface area contributed by atoms with E-state index in [1.165, 1.54) is 0 Å². The van der Waals surface area contributed by atoms with E-state index in [-0.39, 0.29) is 0 Å². The lowest BCUT2D eigenvalue weighted by molar-refractivity contribution is 0.321. The second kappa shape index (κ2) is 8.06. The van der Waals surface area contributed by atoms with Crippen molar-refractivity contribution in [3.8, 4) is 17.7 Å². The molecule has 1 saturated heterocycles. The molecule has 0 N–H and O–H groups in total. The predicted octanol–water partition coefficient (Wildman–Crippen LogP) is 2.73.